The van der Waals surface area contributed by atoms with Crippen molar-refractivity contribution in [2.24, 2.45) is 5.92 Å². The number of aromatic amines is 1. The molecular weight excluding hydrogens is 366 g/mol. The summed E-state index contributed by atoms with van der Waals surface area (Å²) in [6.07, 6.45) is 3.04. The molecule has 1 aromatic heterocycles. The first-order valence-corrected chi connectivity index (χ1v) is 10.00. The van der Waals surface area contributed by atoms with Crippen LogP contribution in [0.4, 0.5) is 4.79 Å². The number of carbonyl (C=O) groups is 2. The smallest absolute Gasteiger partial charge is 0.317 e. The molecule has 2 heterocycles. The molecule has 29 heavy (non-hydrogen) atoms. The van der Waals surface area contributed by atoms with Crippen LogP contribution >= 0.6 is 0 Å². The minimum atomic E-state index is -0.770. The summed E-state index contributed by atoms with van der Waals surface area (Å²) < 4.78 is 0. The van der Waals surface area contributed by atoms with Crippen molar-refractivity contribution in [3.63, 3.8) is 0 Å². The molecule has 0 saturated carbocycles. The fourth-order valence-corrected chi connectivity index (χ4v) is 4.11. The van der Waals surface area contributed by atoms with Gasteiger partial charge in [0.15, 0.2) is 0 Å². The highest BCUT2D eigenvalue weighted by Gasteiger charge is 2.27. The van der Waals surface area contributed by atoms with Gasteiger partial charge >= 0.3 is 12.0 Å². The first-order valence-electron chi connectivity index (χ1n) is 10.00. The van der Waals surface area contributed by atoms with E-state index in [4.69, 9.17) is 5.11 Å². The van der Waals surface area contributed by atoms with E-state index in [1.807, 2.05) is 42.6 Å². The van der Waals surface area contributed by atoms with Crippen molar-refractivity contribution < 1.29 is 14.7 Å². The Kier molecular flexibility index (Phi) is 5.51. The third kappa shape index (κ3) is 4.11. The first kappa shape index (κ1) is 19.1. The lowest BCUT2D eigenvalue weighted by atomic mass is 9.91. The van der Waals surface area contributed by atoms with Crippen LogP contribution in [0.15, 0.2) is 60.8 Å². The number of piperidine rings is 1. The number of benzene rings is 2. The molecule has 1 unspecified atom stereocenters. The van der Waals surface area contributed by atoms with Crippen molar-refractivity contribution in [1.82, 2.24) is 15.2 Å². The van der Waals surface area contributed by atoms with Gasteiger partial charge in [0.05, 0.1) is 5.92 Å². The number of fused-ring (bicyclic) bond motifs is 1. The number of likely N-dealkylation sites (tertiary alicyclic amines) is 1. The molecule has 1 saturated heterocycles. The van der Waals surface area contributed by atoms with E-state index < -0.39 is 5.97 Å². The summed E-state index contributed by atoms with van der Waals surface area (Å²) in [6, 6.07) is 18.2. The van der Waals surface area contributed by atoms with Crippen molar-refractivity contribution in [2.75, 3.05) is 19.6 Å². The number of nitrogens with one attached hydrogen (secondary N) is 2. The summed E-state index contributed by atoms with van der Waals surface area (Å²) in [4.78, 5) is 28.9. The van der Waals surface area contributed by atoms with Gasteiger partial charge in [-0.3, -0.25) is 4.79 Å². The van der Waals surface area contributed by atoms with Crippen LogP contribution in [-0.4, -0.2) is 46.6 Å². The average Bonchev–Trinajstić information content (AvgIpc) is 3.19. The number of para-hydroxylation sites is 1. The van der Waals surface area contributed by atoms with E-state index >= 15 is 0 Å². The van der Waals surface area contributed by atoms with E-state index in [1.54, 1.807) is 4.90 Å². The molecule has 0 bridgehead atoms. The second-order valence-corrected chi connectivity index (χ2v) is 7.54. The minimum absolute atomic E-state index is 0.0212. The number of hydrogen-bond acceptors (Lipinski definition) is 2. The van der Waals surface area contributed by atoms with Crippen molar-refractivity contribution in [3.05, 3.63) is 71.9 Å². The maximum Gasteiger partial charge on any atom is 0.317 e. The Balaban J connectivity index is 1.50. The molecule has 3 aromatic rings. The van der Waals surface area contributed by atoms with Crippen LogP contribution in [0.3, 0.4) is 0 Å². The Morgan fingerprint density at radius 2 is 1.76 bits per heavy atom. The quantitative estimate of drug-likeness (QED) is 0.618. The Morgan fingerprint density at radius 3 is 2.48 bits per heavy atom. The summed E-state index contributed by atoms with van der Waals surface area (Å²) in [7, 11) is 0. The highest BCUT2D eigenvalue weighted by molar-refractivity contribution is 5.84. The molecule has 4 rings (SSSR count). The van der Waals surface area contributed by atoms with Gasteiger partial charge in [-0.1, -0.05) is 48.5 Å². The number of nitrogens with zero attached hydrogens (tertiary/aromatic N) is 1. The average molecular weight is 391 g/mol. The van der Waals surface area contributed by atoms with E-state index in [1.165, 1.54) is 0 Å². The van der Waals surface area contributed by atoms with Crippen LogP contribution in [0.2, 0.25) is 0 Å². The van der Waals surface area contributed by atoms with E-state index in [2.05, 4.69) is 28.5 Å². The van der Waals surface area contributed by atoms with Crippen molar-refractivity contribution in [1.29, 1.82) is 0 Å². The number of rotatable bonds is 5. The molecular formula is C23H25N3O3. The largest absolute Gasteiger partial charge is 0.481 e. The molecule has 0 spiro atoms. The lowest BCUT2D eigenvalue weighted by Crippen LogP contribution is -2.46. The molecule has 0 radical (unpaired) electrons. The number of amides is 2. The Bertz CT molecular complexity index is 991. The Morgan fingerprint density at radius 1 is 1.07 bits per heavy atom. The van der Waals surface area contributed by atoms with Gasteiger partial charge in [-0.15, -0.1) is 0 Å². The first-order chi connectivity index (χ1) is 14.1. The standard InChI is InChI=1S/C23H25N3O3/c27-22(28)17-10-12-26(13-11-17)23(29)25-14-19(16-6-2-1-3-7-16)20-15-24-21-9-5-4-8-18(20)21/h1-9,15,17,19,24H,10-14H2,(H,25,29)(H,27,28). The molecule has 2 aromatic carbocycles. The van der Waals surface area contributed by atoms with Crippen molar-refractivity contribution in [2.45, 2.75) is 18.8 Å². The molecule has 0 aliphatic carbocycles. The van der Waals surface area contributed by atoms with Gasteiger partial charge in [-0.05, 0) is 30.0 Å². The number of aromatic nitrogens is 1. The fourth-order valence-electron chi connectivity index (χ4n) is 4.11. The van der Waals surface area contributed by atoms with Gasteiger partial charge in [0.1, 0.15) is 0 Å². The molecule has 1 aliphatic rings. The highest BCUT2D eigenvalue weighted by Crippen LogP contribution is 2.30. The zero-order valence-electron chi connectivity index (χ0n) is 16.2. The molecule has 6 heteroatoms. The van der Waals surface area contributed by atoms with Gasteiger partial charge in [0.25, 0.3) is 0 Å². The number of carbonyl (C=O) groups excluding carboxylic acids is 1. The second-order valence-electron chi connectivity index (χ2n) is 7.54. The predicted molar refractivity (Wildman–Crippen MR) is 112 cm³/mol. The maximum atomic E-state index is 12.7. The number of urea groups is 1. The SMILES string of the molecule is O=C(O)C1CCN(C(=O)NCC(c2ccccc2)c2c[nH]c3ccccc23)CC1. The van der Waals surface area contributed by atoms with Gasteiger partial charge in [-0.25, -0.2) is 4.79 Å². The molecule has 3 N–H and O–H groups in total. The third-order valence-corrected chi connectivity index (χ3v) is 5.79. The number of carboxylic acids is 1. The molecule has 150 valence electrons. The number of aliphatic carboxylic acids is 1. The number of hydrogen-bond donors (Lipinski definition) is 3. The molecule has 2 amide bonds. The van der Waals surface area contributed by atoms with E-state index in [0.717, 1.165) is 22.0 Å². The van der Waals surface area contributed by atoms with Crippen LogP contribution in [0, 0.1) is 5.92 Å². The fraction of sp³-hybridized carbons (Fsp3) is 0.304. The monoisotopic (exact) mass is 391 g/mol. The van der Waals surface area contributed by atoms with Crippen molar-refractivity contribution >= 4 is 22.9 Å². The number of H-pyrrole nitrogens is 1. The summed E-state index contributed by atoms with van der Waals surface area (Å²) in [5, 5.41) is 13.4. The van der Waals surface area contributed by atoms with Crippen molar-refractivity contribution in [3.8, 4) is 0 Å². The van der Waals surface area contributed by atoms with Crippen LogP contribution in [-0.2, 0) is 4.79 Å². The highest BCUT2D eigenvalue weighted by atomic mass is 16.4. The predicted octanol–water partition coefficient (Wildman–Crippen LogP) is 3.81. The van der Waals surface area contributed by atoms with E-state index in [9.17, 15) is 9.59 Å². The Labute approximate surface area is 169 Å². The summed E-state index contributed by atoms with van der Waals surface area (Å²) in [5.41, 5.74) is 3.37. The molecule has 1 fully saturated rings. The van der Waals surface area contributed by atoms with E-state index in [0.29, 0.717) is 32.5 Å². The van der Waals surface area contributed by atoms with Crippen LogP contribution in [0.25, 0.3) is 10.9 Å². The van der Waals surface area contributed by atoms with Crippen LogP contribution in [0.1, 0.15) is 29.9 Å². The molecule has 1 atom stereocenters. The van der Waals surface area contributed by atoms with Gasteiger partial charge in [-0.2, -0.15) is 0 Å². The zero-order chi connectivity index (χ0) is 20.2. The molecule has 6 nitrogen and oxygen atoms in total. The number of carboxylic acid groups (broad SMARTS) is 1. The second kappa shape index (κ2) is 8.39. The van der Waals surface area contributed by atoms with Gasteiger partial charge < -0.3 is 20.3 Å². The maximum absolute atomic E-state index is 12.7. The normalized spacial score (nSPS) is 15.9. The molecule has 1 aliphatic heterocycles. The lowest BCUT2D eigenvalue weighted by molar-refractivity contribution is -0.143. The van der Waals surface area contributed by atoms with Gasteiger partial charge in [0.2, 0.25) is 0 Å². The lowest BCUT2D eigenvalue weighted by Gasteiger charge is -2.30. The third-order valence-electron chi connectivity index (χ3n) is 5.79. The van der Waals surface area contributed by atoms with Crippen LogP contribution in [0.5, 0.6) is 0 Å². The van der Waals surface area contributed by atoms with E-state index in [-0.39, 0.29) is 17.9 Å². The minimum Gasteiger partial charge on any atom is -0.481 e. The zero-order valence-corrected chi connectivity index (χ0v) is 16.2. The summed E-state index contributed by atoms with van der Waals surface area (Å²) in [6.45, 7) is 1.43. The van der Waals surface area contributed by atoms with Crippen LogP contribution < -0.4 is 5.32 Å². The van der Waals surface area contributed by atoms with Gasteiger partial charge in [0, 0.05) is 42.7 Å². The Hall–Kier alpha value is -3.28. The summed E-state index contributed by atoms with van der Waals surface area (Å²) >= 11 is 0. The topological polar surface area (TPSA) is 85.4 Å². The summed E-state index contributed by atoms with van der Waals surface area (Å²) in [5.74, 6) is -1.09.